The zero-order chi connectivity index (χ0) is 12.3. The first-order chi connectivity index (χ1) is 8.16. The predicted molar refractivity (Wildman–Crippen MR) is 83.6 cm³/mol. The maximum absolute atomic E-state index is 11.9. The van der Waals surface area contributed by atoms with Gasteiger partial charge in [0.15, 0.2) is 0 Å². The minimum atomic E-state index is -0.00178. The second-order valence-electron chi connectivity index (χ2n) is 4.46. The third kappa shape index (κ3) is 5.26. The molecule has 1 aromatic heterocycles. The lowest BCUT2D eigenvalue weighted by atomic mass is 10.0. The van der Waals surface area contributed by atoms with Gasteiger partial charge in [-0.25, -0.2) is 4.98 Å². The van der Waals surface area contributed by atoms with E-state index in [1.807, 2.05) is 13.8 Å². The zero-order valence-corrected chi connectivity index (χ0v) is 13.6. The average Bonchev–Trinajstić information content (AvgIpc) is 2.66. The van der Waals surface area contributed by atoms with E-state index in [1.165, 1.54) is 6.42 Å². The molecule has 1 aliphatic rings. The number of nitrogens with zero attached hydrogens (tertiary/aromatic N) is 1. The Bertz CT molecular complexity index is 406. The summed E-state index contributed by atoms with van der Waals surface area (Å²) in [5, 5.41) is 7.30. The van der Waals surface area contributed by atoms with Gasteiger partial charge in [-0.15, -0.1) is 36.2 Å². The van der Waals surface area contributed by atoms with E-state index in [-0.39, 0.29) is 36.8 Å². The number of hydrogen-bond acceptors (Lipinski definition) is 4. The number of aromatic nitrogens is 1. The maximum atomic E-state index is 11.9. The number of carbonyl (C=O) groups is 1. The number of piperidine rings is 1. The predicted octanol–water partition coefficient (Wildman–Crippen LogP) is 2.36. The summed E-state index contributed by atoms with van der Waals surface area (Å²) >= 11 is 1.66. The van der Waals surface area contributed by atoms with Crippen molar-refractivity contribution in [1.29, 1.82) is 0 Å². The molecule has 1 aliphatic heterocycles. The molecule has 0 unspecified atom stereocenters. The van der Waals surface area contributed by atoms with Crippen molar-refractivity contribution in [2.45, 2.75) is 45.7 Å². The minimum absolute atomic E-state index is 0. The Labute approximate surface area is 130 Å². The van der Waals surface area contributed by atoms with Crippen LogP contribution in [0, 0.1) is 13.8 Å². The molecule has 0 radical (unpaired) electrons. The summed E-state index contributed by atoms with van der Waals surface area (Å²) in [4.78, 5) is 17.4. The van der Waals surface area contributed by atoms with Crippen LogP contribution in [0.2, 0.25) is 0 Å². The van der Waals surface area contributed by atoms with E-state index in [9.17, 15) is 4.79 Å². The molecule has 1 amide bonds. The molecule has 2 N–H and O–H groups in total. The van der Waals surface area contributed by atoms with Crippen LogP contribution < -0.4 is 10.6 Å². The molecule has 1 aromatic rings. The van der Waals surface area contributed by atoms with Crippen molar-refractivity contribution in [3.8, 4) is 0 Å². The van der Waals surface area contributed by atoms with Crippen LogP contribution in [-0.2, 0) is 11.3 Å². The maximum Gasteiger partial charge on any atom is 0.237 e. The van der Waals surface area contributed by atoms with Crippen LogP contribution >= 0.6 is 36.2 Å². The second-order valence-corrected chi connectivity index (χ2v) is 5.75. The van der Waals surface area contributed by atoms with Crippen LogP contribution in [0.15, 0.2) is 0 Å². The molecule has 7 heteroatoms. The quantitative estimate of drug-likeness (QED) is 0.897. The van der Waals surface area contributed by atoms with Gasteiger partial charge in [0.1, 0.15) is 0 Å². The van der Waals surface area contributed by atoms with E-state index in [0.29, 0.717) is 6.54 Å². The highest BCUT2D eigenvalue weighted by molar-refractivity contribution is 7.11. The van der Waals surface area contributed by atoms with Gasteiger partial charge in [0.25, 0.3) is 0 Å². The lowest BCUT2D eigenvalue weighted by Gasteiger charge is -2.22. The number of hydrogen-bond donors (Lipinski definition) is 2. The van der Waals surface area contributed by atoms with Gasteiger partial charge >= 0.3 is 0 Å². The highest BCUT2D eigenvalue weighted by Gasteiger charge is 2.20. The molecule has 110 valence electrons. The molecule has 2 heterocycles. The summed E-state index contributed by atoms with van der Waals surface area (Å²) < 4.78 is 0. The molecule has 1 saturated heterocycles. The molecule has 0 aromatic carbocycles. The van der Waals surface area contributed by atoms with Crippen LogP contribution in [0.25, 0.3) is 0 Å². The highest BCUT2D eigenvalue weighted by atomic mass is 35.5. The number of aryl methyl sites for hydroxylation is 2. The van der Waals surface area contributed by atoms with Gasteiger partial charge in [-0.05, 0) is 33.2 Å². The molecular formula is C12H21Cl2N3OS. The van der Waals surface area contributed by atoms with Gasteiger partial charge in [0.2, 0.25) is 5.91 Å². The lowest BCUT2D eigenvalue weighted by Crippen LogP contribution is -2.46. The van der Waals surface area contributed by atoms with Crippen LogP contribution in [0.5, 0.6) is 0 Å². The standard InChI is InChI=1S/C12H19N3OS.2ClH/c1-8-11(17-9(2)15-8)7-14-12(16)10-5-3-4-6-13-10;;/h10,13H,3-7H2,1-2H3,(H,14,16);2*1H/t10-;;/m0../s1. The molecule has 1 fully saturated rings. The molecule has 0 aliphatic carbocycles. The van der Waals surface area contributed by atoms with Crippen molar-refractivity contribution < 1.29 is 4.79 Å². The molecule has 0 bridgehead atoms. The van der Waals surface area contributed by atoms with Crippen molar-refractivity contribution in [2.24, 2.45) is 0 Å². The third-order valence-corrected chi connectivity index (χ3v) is 4.12. The largest absolute Gasteiger partial charge is 0.350 e. The number of amides is 1. The van der Waals surface area contributed by atoms with Gasteiger partial charge in [-0.1, -0.05) is 6.42 Å². The van der Waals surface area contributed by atoms with Crippen molar-refractivity contribution in [2.75, 3.05) is 6.54 Å². The van der Waals surface area contributed by atoms with Gasteiger partial charge < -0.3 is 10.6 Å². The number of carbonyl (C=O) groups excluding carboxylic acids is 1. The molecule has 0 spiro atoms. The molecule has 4 nitrogen and oxygen atoms in total. The van der Waals surface area contributed by atoms with Crippen LogP contribution in [0.1, 0.15) is 34.8 Å². The summed E-state index contributed by atoms with van der Waals surface area (Å²) in [5.74, 6) is 0.121. The summed E-state index contributed by atoms with van der Waals surface area (Å²) in [5.41, 5.74) is 1.03. The zero-order valence-electron chi connectivity index (χ0n) is 11.2. The van der Waals surface area contributed by atoms with Gasteiger partial charge in [-0.2, -0.15) is 0 Å². The van der Waals surface area contributed by atoms with E-state index < -0.39 is 0 Å². The van der Waals surface area contributed by atoms with E-state index >= 15 is 0 Å². The number of thiazole rings is 1. The minimum Gasteiger partial charge on any atom is -0.350 e. The SMILES string of the molecule is Cc1nc(C)c(CNC(=O)[C@@H]2CCCCN2)s1.Cl.Cl. The Hall–Kier alpha value is -0.360. The fourth-order valence-corrected chi connectivity index (χ4v) is 2.98. The molecule has 2 rings (SSSR count). The van der Waals surface area contributed by atoms with Crippen molar-refractivity contribution in [3.05, 3.63) is 15.6 Å². The summed E-state index contributed by atoms with van der Waals surface area (Å²) in [6, 6.07) is -0.00178. The third-order valence-electron chi connectivity index (χ3n) is 3.05. The van der Waals surface area contributed by atoms with Gasteiger partial charge in [0.05, 0.1) is 23.3 Å². The van der Waals surface area contributed by atoms with Crippen molar-refractivity contribution >= 4 is 42.1 Å². The number of halogens is 2. The van der Waals surface area contributed by atoms with Gasteiger partial charge in [0, 0.05) is 4.88 Å². The number of nitrogens with one attached hydrogen (secondary N) is 2. The topological polar surface area (TPSA) is 54.0 Å². The highest BCUT2D eigenvalue weighted by Crippen LogP contribution is 2.16. The van der Waals surface area contributed by atoms with E-state index in [0.717, 1.165) is 35.0 Å². The fourth-order valence-electron chi connectivity index (χ4n) is 2.10. The fraction of sp³-hybridized carbons (Fsp3) is 0.667. The van der Waals surface area contributed by atoms with Crippen molar-refractivity contribution in [1.82, 2.24) is 15.6 Å². The molecule has 19 heavy (non-hydrogen) atoms. The van der Waals surface area contributed by atoms with Crippen LogP contribution in [0.3, 0.4) is 0 Å². The lowest BCUT2D eigenvalue weighted by molar-refractivity contribution is -0.123. The Morgan fingerprint density at radius 1 is 1.42 bits per heavy atom. The van der Waals surface area contributed by atoms with Gasteiger partial charge in [-0.3, -0.25) is 4.79 Å². The first-order valence-electron chi connectivity index (χ1n) is 6.11. The molecular weight excluding hydrogens is 305 g/mol. The van der Waals surface area contributed by atoms with Crippen molar-refractivity contribution in [3.63, 3.8) is 0 Å². The van der Waals surface area contributed by atoms with E-state index in [2.05, 4.69) is 15.6 Å². The number of rotatable bonds is 3. The van der Waals surface area contributed by atoms with Crippen LogP contribution in [0.4, 0.5) is 0 Å². The second kappa shape index (κ2) is 8.74. The molecule has 1 atom stereocenters. The Balaban J connectivity index is 0.00000162. The molecule has 0 saturated carbocycles. The first-order valence-corrected chi connectivity index (χ1v) is 6.92. The Morgan fingerprint density at radius 3 is 2.68 bits per heavy atom. The summed E-state index contributed by atoms with van der Waals surface area (Å²) in [6.45, 7) is 5.54. The monoisotopic (exact) mass is 325 g/mol. The summed E-state index contributed by atoms with van der Waals surface area (Å²) in [6.07, 6.45) is 3.27. The van der Waals surface area contributed by atoms with Crippen LogP contribution in [-0.4, -0.2) is 23.5 Å². The first kappa shape index (κ1) is 18.6. The Kier molecular flexibility index (Phi) is 8.57. The average molecular weight is 326 g/mol. The van der Waals surface area contributed by atoms with E-state index in [1.54, 1.807) is 11.3 Å². The van der Waals surface area contributed by atoms with E-state index in [4.69, 9.17) is 0 Å². The smallest absolute Gasteiger partial charge is 0.237 e. The summed E-state index contributed by atoms with van der Waals surface area (Å²) in [7, 11) is 0. The Morgan fingerprint density at radius 2 is 2.16 bits per heavy atom. The normalized spacial score (nSPS) is 18.1.